The van der Waals surface area contributed by atoms with E-state index in [9.17, 15) is 0 Å². The highest BCUT2D eigenvalue weighted by Crippen LogP contribution is 2.53. The summed E-state index contributed by atoms with van der Waals surface area (Å²) in [5.41, 5.74) is 0.535. The van der Waals surface area contributed by atoms with E-state index >= 15 is 0 Å². The molecular formula is C8H15NO. The Bertz CT molecular complexity index is 131. The summed E-state index contributed by atoms with van der Waals surface area (Å²) in [6.45, 7) is 2.66. The first-order valence-corrected chi connectivity index (χ1v) is 4.19. The Labute approximate surface area is 61.6 Å². The van der Waals surface area contributed by atoms with E-state index in [1.165, 1.54) is 19.3 Å². The maximum atomic E-state index is 9.04. The molecule has 1 atom stereocenters. The zero-order chi connectivity index (χ0) is 7.03. The van der Waals surface area contributed by atoms with Gasteiger partial charge >= 0.3 is 0 Å². The second kappa shape index (κ2) is 2.21. The van der Waals surface area contributed by atoms with Gasteiger partial charge in [0.2, 0.25) is 0 Å². The molecule has 0 aromatic carbocycles. The van der Waals surface area contributed by atoms with Crippen LogP contribution < -0.4 is 5.32 Å². The Kier molecular flexibility index (Phi) is 1.46. The number of nitrogens with one attached hydrogen (secondary N) is 1. The molecule has 10 heavy (non-hydrogen) atoms. The third-order valence-electron chi connectivity index (χ3n) is 3.13. The second-order valence-corrected chi connectivity index (χ2v) is 3.71. The maximum Gasteiger partial charge on any atom is 0.0465 e. The summed E-state index contributed by atoms with van der Waals surface area (Å²) < 4.78 is 0. The molecule has 2 N–H and O–H groups in total. The lowest BCUT2D eigenvalue weighted by Gasteiger charge is -2.30. The van der Waals surface area contributed by atoms with Gasteiger partial charge in [-0.05, 0) is 37.1 Å². The fourth-order valence-electron chi connectivity index (χ4n) is 2.09. The molecular weight excluding hydrogens is 126 g/mol. The van der Waals surface area contributed by atoms with E-state index in [-0.39, 0.29) is 0 Å². The predicted molar refractivity (Wildman–Crippen MR) is 39.7 cm³/mol. The molecule has 2 fully saturated rings. The first-order chi connectivity index (χ1) is 4.87. The topological polar surface area (TPSA) is 32.3 Å². The quantitative estimate of drug-likeness (QED) is 0.553. The Morgan fingerprint density at radius 1 is 1.50 bits per heavy atom. The number of aliphatic hydroxyl groups excluding tert-OH is 1. The van der Waals surface area contributed by atoms with Gasteiger partial charge in [-0.3, -0.25) is 0 Å². The zero-order valence-electron chi connectivity index (χ0n) is 6.27. The lowest BCUT2D eigenvalue weighted by atomic mass is 9.84. The van der Waals surface area contributed by atoms with Crippen molar-refractivity contribution in [1.29, 1.82) is 0 Å². The monoisotopic (exact) mass is 141 g/mol. The fraction of sp³-hybridized carbons (Fsp3) is 1.00. The van der Waals surface area contributed by atoms with Gasteiger partial charge in [-0.1, -0.05) is 0 Å². The van der Waals surface area contributed by atoms with Gasteiger partial charge in [-0.2, -0.15) is 0 Å². The van der Waals surface area contributed by atoms with Crippen molar-refractivity contribution < 1.29 is 5.11 Å². The van der Waals surface area contributed by atoms with Crippen LogP contribution in [0.3, 0.4) is 0 Å². The summed E-state index contributed by atoms with van der Waals surface area (Å²) in [7, 11) is 0. The summed E-state index contributed by atoms with van der Waals surface area (Å²) in [6, 6.07) is 0. The van der Waals surface area contributed by atoms with Crippen molar-refractivity contribution in [3.05, 3.63) is 0 Å². The SMILES string of the molecule is OCC1CCNCC12CC2. The van der Waals surface area contributed by atoms with Gasteiger partial charge in [-0.25, -0.2) is 0 Å². The molecule has 1 spiro atoms. The first kappa shape index (κ1) is 6.62. The van der Waals surface area contributed by atoms with Crippen LogP contribution in [0.1, 0.15) is 19.3 Å². The second-order valence-electron chi connectivity index (χ2n) is 3.71. The normalized spacial score (nSPS) is 36.3. The molecule has 0 amide bonds. The first-order valence-electron chi connectivity index (χ1n) is 4.19. The maximum absolute atomic E-state index is 9.04. The molecule has 0 aromatic rings. The molecule has 1 heterocycles. The van der Waals surface area contributed by atoms with Crippen LogP contribution in [0.25, 0.3) is 0 Å². The molecule has 0 bridgehead atoms. The molecule has 2 nitrogen and oxygen atoms in total. The van der Waals surface area contributed by atoms with Gasteiger partial charge < -0.3 is 10.4 Å². The van der Waals surface area contributed by atoms with Crippen molar-refractivity contribution in [1.82, 2.24) is 5.32 Å². The van der Waals surface area contributed by atoms with Crippen LogP contribution in [0.4, 0.5) is 0 Å². The van der Waals surface area contributed by atoms with Gasteiger partial charge in [0.05, 0.1) is 0 Å². The molecule has 1 aliphatic heterocycles. The molecule has 2 aliphatic rings. The van der Waals surface area contributed by atoms with Gasteiger partial charge in [0, 0.05) is 13.2 Å². The number of rotatable bonds is 1. The summed E-state index contributed by atoms with van der Waals surface area (Å²) in [5, 5.41) is 12.4. The van der Waals surface area contributed by atoms with Gasteiger partial charge in [0.25, 0.3) is 0 Å². The highest BCUT2D eigenvalue weighted by molar-refractivity contribution is 5.02. The molecule has 1 unspecified atom stereocenters. The molecule has 58 valence electrons. The molecule has 0 radical (unpaired) electrons. The van der Waals surface area contributed by atoms with E-state index in [0.717, 1.165) is 13.1 Å². The number of aliphatic hydroxyl groups is 1. The molecule has 1 saturated carbocycles. The van der Waals surface area contributed by atoms with E-state index in [2.05, 4.69) is 5.32 Å². The van der Waals surface area contributed by atoms with E-state index < -0.39 is 0 Å². The average molecular weight is 141 g/mol. The van der Waals surface area contributed by atoms with Crippen LogP contribution in [0.5, 0.6) is 0 Å². The third kappa shape index (κ3) is 0.867. The van der Waals surface area contributed by atoms with Crippen molar-refractivity contribution in [2.45, 2.75) is 19.3 Å². The standard InChI is InChI=1S/C8H15NO/c10-5-7-1-4-9-6-8(7)2-3-8/h7,9-10H,1-6H2. The molecule has 2 rings (SSSR count). The Hall–Kier alpha value is -0.0800. The lowest BCUT2D eigenvalue weighted by Crippen LogP contribution is -2.39. The number of piperidine rings is 1. The van der Waals surface area contributed by atoms with Crippen LogP contribution in [-0.4, -0.2) is 24.8 Å². The molecule has 2 heteroatoms. The van der Waals surface area contributed by atoms with Crippen LogP contribution in [0.2, 0.25) is 0 Å². The minimum atomic E-state index is 0.404. The van der Waals surface area contributed by atoms with E-state index in [4.69, 9.17) is 5.11 Å². The van der Waals surface area contributed by atoms with Crippen LogP contribution in [-0.2, 0) is 0 Å². The summed E-state index contributed by atoms with van der Waals surface area (Å²) in [5.74, 6) is 0.605. The van der Waals surface area contributed by atoms with Gasteiger partial charge in [0.1, 0.15) is 0 Å². The number of hydrogen-bond donors (Lipinski definition) is 2. The van der Waals surface area contributed by atoms with Crippen molar-refractivity contribution >= 4 is 0 Å². The Morgan fingerprint density at radius 3 is 2.80 bits per heavy atom. The summed E-state index contributed by atoms with van der Waals surface area (Å²) in [4.78, 5) is 0. The smallest absolute Gasteiger partial charge is 0.0465 e. The minimum absolute atomic E-state index is 0.404. The Morgan fingerprint density at radius 2 is 2.30 bits per heavy atom. The highest BCUT2D eigenvalue weighted by atomic mass is 16.3. The molecule has 1 aliphatic carbocycles. The lowest BCUT2D eigenvalue weighted by molar-refractivity contribution is 0.130. The fourth-order valence-corrected chi connectivity index (χ4v) is 2.09. The largest absolute Gasteiger partial charge is 0.396 e. The van der Waals surface area contributed by atoms with Crippen molar-refractivity contribution in [3.8, 4) is 0 Å². The highest BCUT2D eigenvalue weighted by Gasteiger charge is 2.49. The number of hydrogen-bond acceptors (Lipinski definition) is 2. The van der Waals surface area contributed by atoms with Crippen molar-refractivity contribution in [2.75, 3.05) is 19.7 Å². The van der Waals surface area contributed by atoms with E-state index in [1.54, 1.807) is 0 Å². The van der Waals surface area contributed by atoms with Crippen molar-refractivity contribution in [2.24, 2.45) is 11.3 Å². The van der Waals surface area contributed by atoms with E-state index in [0.29, 0.717) is 17.9 Å². The van der Waals surface area contributed by atoms with Gasteiger partial charge in [0.15, 0.2) is 0 Å². The van der Waals surface area contributed by atoms with Crippen molar-refractivity contribution in [3.63, 3.8) is 0 Å². The third-order valence-corrected chi connectivity index (χ3v) is 3.13. The van der Waals surface area contributed by atoms with Crippen LogP contribution in [0, 0.1) is 11.3 Å². The molecule has 1 saturated heterocycles. The van der Waals surface area contributed by atoms with Crippen LogP contribution in [0.15, 0.2) is 0 Å². The molecule has 0 aromatic heterocycles. The summed E-state index contributed by atoms with van der Waals surface area (Å²) in [6.07, 6.45) is 3.85. The zero-order valence-corrected chi connectivity index (χ0v) is 6.27. The van der Waals surface area contributed by atoms with E-state index in [1.807, 2.05) is 0 Å². The summed E-state index contributed by atoms with van der Waals surface area (Å²) >= 11 is 0. The van der Waals surface area contributed by atoms with Gasteiger partial charge in [-0.15, -0.1) is 0 Å². The Balaban J connectivity index is 2.01. The average Bonchev–Trinajstić information content (AvgIpc) is 2.71. The predicted octanol–water partition coefficient (Wildman–Crippen LogP) is 0.368. The minimum Gasteiger partial charge on any atom is -0.396 e. The van der Waals surface area contributed by atoms with Crippen LogP contribution >= 0.6 is 0 Å².